The highest BCUT2D eigenvalue weighted by Gasteiger charge is 2.17. The molecule has 0 aliphatic carbocycles. The first-order valence-corrected chi connectivity index (χ1v) is 16.8. The van der Waals surface area contributed by atoms with Crippen molar-refractivity contribution >= 4 is 43.1 Å². The van der Waals surface area contributed by atoms with Crippen LogP contribution in [-0.4, -0.2) is 0 Å². The molecule has 0 radical (unpaired) electrons. The lowest BCUT2D eigenvalue weighted by Gasteiger charge is -2.19. The van der Waals surface area contributed by atoms with Gasteiger partial charge in [0, 0.05) is 0 Å². The van der Waals surface area contributed by atoms with E-state index in [-0.39, 0.29) is 0 Å². The number of aryl methyl sites for hydroxylation is 2. The molecule has 0 aromatic heterocycles. The molecule has 0 unspecified atom stereocenters. The van der Waals surface area contributed by atoms with Crippen LogP contribution in [0.4, 0.5) is 0 Å². The van der Waals surface area contributed by atoms with Crippen molar-refractivity contribution in [2.45, 2.75) is 13.8 Å². The molecule has 9 aromatic rings. The topological polar surface area (TPSA) is 0 Å². The maximum Gasteiger partial charge on any atom is -0.00728 e. The van der Waals surface area contributed by atoms with Crippen molar-refractivity contribution in [1.82, 2.24) is 0 Å². The normalized spacial score (nSPS) is 11.5. The monoisotopic (exact) mass is 610 g/mol. The summed E-state index contributed by atoms with van der Waals surface area (Å²) in [6, 6.07) is 62.4. The predicted molar refractivity (Wildman–Crippen MR) is 208 cm³/mol. The van der Waals surface area contributed by atoms with Gasteiger partial charge < -0.3 is 0 Å². The molecular weight excluding hydrogens is 577 g/mol. The van der Waals surface area contributed by atoms with Gasteiger partial charge >= 0.3 is 0 Å². The van der Waals surface area contributed by atoms with E-state index in [0.717, 1.165) is 0 Å². The minimum absolute atomic E-state index is 1.22. The lowest BCUT2D eigenvalue weighted by Crippen LogP contribution is -1.94. The smallest absolute Gasteiger partial charge is 0.00728 e. The molecule has 0 atom stereocenters. The molecule has 0 spiro atoms. The largest absolute Gasteiger partial charge is 0.0622 e. The number of fused-ring (bicyclic) bond motifs is 7. The van der Waals surface area contributed by atoms with E-state index in [9.17, 15) is 0 Å². The van der Waals surface area contributed by atoms with Crippen LogP contribution < -0.4 is 0 Å². The second-order valence-electron chi connectivity index (χ2n) is 13.0. The Balaban J connectivity index is 1.22. The average Bonchev–Trinajstić information content (AvgIpc) is 3.15. The summed E-state index contributed by atoms with van der Waals surface area (Å²) in [6.45, 7) is 4.55. The van der Waals surface area contributed by atoms with Crippen LogP contribution in [0.15, 0.2) is 170 Å². The fourth-order valence-corrected chi connectivity index (χ4v) is 7.82. The molecule has 0 aliphatic heterocycles. The number of benzene rings is 9. The summed E-state index contributed by atoms with van der Waals surface area (Å²) in [7, 11) is 0. The van der Waals surface area contributed by atoms with Gasteiger partial charge in [0.05, 0.1) is 0 Å². The highest BCUT2D eigenvalue weighted by Crippen LogP contribution is 2.43. The maximum absolute atomic E-state index is 2.45. The molecule has 226 valence electrons. The van der Waals surface area contributed by atoms with E-state index in [1.807, 2.05) is 0 Å². The Morgan fingerprint density at radius 3 is 1.31 bits per heavy atom. The van der Waals surface area contributed by atoms with Crippen molar-refractivity contribution in [1.29, 1.82) is 0 Å². The van der Waals surface area contributed by atoms with E-state index < -0.39 is 0 Å². The van der Waals surface area contributed by atoms with Crippen LogP contribution in [-0.2, 0) is 0 Å². The first-order chi connectivity index (χ1) is 23.6. The van der Waals surface area contributed by atoms with Gasteiger partial charge in [-0.15, -0.1) is 0 Å². The third kappa shape index (κ3) is 4.61. The van der Waals surface area contributed by atoms with Gasteiger partial charge in [-0.25, -0.2) is 0 Å². The summed E-state index contributed by atoms with van der Waals surface area (Å²) in [4.78, 5) is 0. The van der Waals surface area contributed by atoms with Crippen molar-refractivity contribution in [2.75, 3.05) is 0 Å². The van der Waals surface area contributed by atoms with Crippen LogP contribution in [0.5, 0.6) is 0 Å². The molecule has 0 heterocycles. The lowest BCUT2D eigenvalue weighted by molar-refractivity contribution is 1.44. The van der Waals surface area contributed by atoms with Crippen LogP contribution in [0, 0.1) is 13.8 Å². The molecule has 0 aliphatic rings. The molecule has 0 nitrogen and oxygen atoms in total. The van der Waals surface area contributed by atoms with Gasteiger partial charge in [0.1, 0.15) is 0 Å². The zero-order valence-corrected chi connectivity index (χ0v) is 27.2. The summed E-state index contributed by atoms with van der Waals surface area (Å²) in [5.74, 6) is 0. The summed E-state index contributed by atoms with van der Waals surface area (Å²) >= 11 is 0. The molecule has 9 aromatic carbocycles. The number of hydrogen-bond donors (Lipinski definition) is 0. The second-order valence-corrected chi connectivity index (χ2v) is 13.0. The summed E-state index contributed by atoms with van der Waals surface area (Å²) in [5, 5.41) is 10.4. The Kier molecular flexibility index (Phi) is 6.69. The van der Waals surface area contributed by atoms with E-state index in [0.29, 0.717) is 0 Å². The van der Waals surface area contributed by atoms with Gasteiger partial charge in [0.25, 0.3) is 0 Å². The highest BCUT2D eigenvalue weighted by atomic mass is 14.2. The zero-order valence-electron chi connectivity index (χ0n) is 27.2. The van der Waals surface area contributed by atoms with Gasteiger partial charge in [0.15, 0.2) is 0 Å². The zero-order chi connectivity index (χ0) is 32.2. The molecule has 9 rings (SSSR count). The maximum atomic E-state index is 2.45. The van der Waals surface area contributed by atoms with Crippen LogP contribution >= 0.6 is 0 Å². The van der Waals surface area contributed by atoms with Gasteiger partial charge in [0.2, 0.25) is 0 Å². The predicted octanol–water partition coefficient (Wildman–Crippen LogP) is 13.6. The van der Waals surface area contributed by atoms with Gasteiger partial charge in [-0.1, -0.05) is 152 Å². The Morgan fingerprint density at radius 2 is 0.688 bits per heavy atom. The van der Waals surface area contributed by atoms with Crippen LogP contribution in [0.1, 0.15) is 11.1 Å². The number of hydrogen-bond acceptors (Lipinski definition) is 0. The van der Waals surface area contributed by atoms with E-state index in [2.05, 4.69) is 184 Å². The van der Waals surface area contributed by atoms with Gasteiger partial charge in [-0.3, -0.25) is 0 Å². The SMILES string of the molecule is Cc1cc2c3ccccc3c3ccccc3c2cc1-c1c(C)cc(-c2cccc(-c3cccc(-c4ccccc4)c3)c2)c2ccccc12. The van der Waals surface area contributed by atoms with E-state index in [1.54, 1.807) is 0 Å². The number of rotatable bonds is 4. The highest BCUT2D eigenvalue weighted by molar-refractivity contribution is 6.26. The van der Waals surface area contributed by atoms with Crippen LogP contribution in [0.25, 0.3) is 87.6 Å². The molecule has 0 saturated carbocycles. The molecule has 48 heavy (non-hydrogen) atoms. The van der Waals surface area contributed by atoms with Gasteiger partial charge in [-0.05, 0) is 131 Å². The molecule has 0 fully saturated rings. The van der Waals surface area contributed by atoms with E-state index in [4.69, 9.17) is 0 Å². The second kappa shape index (κ2) is 11.4. The summed E-state index contributed by atoms with van der Waals surface area (Å²) in [6.07, 6.45) is 0. The third-order valence-electron chi connectivity index (χ3n) is 10.1. The minimum Gasteiger partial charge on any atom is -0.0622 e. The van der Waals surface area contributed by atoms with Crippen molar-refractivity contribution in [3.63, 3.8) is 0 Å². The third-order valence-corrected chi connectivity index (χ3v) is 10.1. The lowest BCUT2D eigenvalue weighted by atomic mass is 9.84. The van der Waals surface area contributed by atoms with E-state index >= 15 is 0 Å². The molecule has 0 amide bonds. The standard InChI is InChI=1S/C48H34/c1-31-26-46-40-22-8-6-20-38(40)39-21-7-9-23-41(39)47(46)30-44(31)48-32(2)27-45(42-24-10-11-25-43(42)48)37-19-13-18-36(29-37)35-17-12-16-34(28-35)33-14-4-3-5-15-33/h3-30H,1-2H3. The van der Waals surface area contributed by atoms with Crippen LogP contribution in [0.2, 0.25) is 0 Å². The van der Waals surface area contributed by atoms with Crippen molar-refractivity contribution in [3.05, 3.63) is 181 Å². The minimum atomic E-state index is 1.22. The fourth-order valence-electron chi connectivity index (χ4n) is 7.82. The Morgan fingerprint density at radius 1 is 0.250 bits per heavy atom. The van der Waals surface area contributed by atoms with E-state index in [1.165, 1.54) is 98.7 Å². The molecular formula is C48H34. The van der Waals surface area contributed by atoms with Crippen molar-refractivity contribution in [2.24, 2.45) is 0 Å². The van der Waals surface area contributed by atoms with Gasteiger partial charge in [-0.2, -0.15) is 0 Å². The Hall–Kier alpha value is -5.98. The average molecular weight is 611 g/mol. The quantitative estimate of drug-likeness (QED) is 0.174. The summed E-state index contributed by atoms with van der Waals surface area (Å²) in [5.41, 5.74) is 12.6. The first kappa shape index (κ1) is 28.3. The molecule has 0 bridgehead atoms. The molecule has 0 N–H and O–H groups in total. The Labute approximate surface area is 281 Å². The van der Waals surface area contributed by atoms with Crippen molar-refractivity contribution in [3.8, 4) is 44.5 Å². The fraction of sp³-hybridized carbons (Fsp3) is 0.0417. The first-order valence-electron chi connectivity index (χ1n) is 16.8. The summed E-state index contributed by atoms with van der Waals surface area (Å²) < 4.78 is 0. The van der Waals surface area contributed by atoms with Crippen LogP contribution in [0.3, 0.4) is 0 Å². The molecule has 0 saturated heterocycles. The Bertz CT molecular complexity index is 2680. The van der Waals surface area contributed by atoms with Crippen molar-refractivity contribution < 1.29 is 0 Å². The molecule has 0 heteroatoms.